The van der Waals surface area contributed by atoms with E-state index in [-0.39, 0.29) is 6.04 Å². The molecule has 18 heavy (non-hydrogen) atoms. The van der Waals surface area contributed by atoms with Crippen LogP contribution in [0.1, 0.15) is 28.3 Å². The van der Waals surface area contributed by atoms with E-state index in [1.807, 2.05) is 37.3 Å². The Hall–Kier alpha value is -0.830. The second-order valence-corrected chi connectivity index (χ2v) is 5.70. The van der Waals surface area contributed by atoms with Crippen molar-refractivity contribution in [2.45, 2.75) is 19.9 Å². The van der Waals surface area contributed by atoms with Gasteiger partial charge in [0.15, 0.2) is 0 Å². The molecular weight excluding hydrogens is 310 g/mol. The van der Waals surface area contributed by atoms with Gasteiger partial charge in [-0.3, -0.25) is 0 Å². The smallest absolute Gasteiger partial charge is 0.0555 e. The van der Waals surface area contributed by atoms with Gasteiger partial charge in [-0.05, 0) is 48.2 Å². The van der Waals surface area contributed by atoms with Crippen molar-refractivity contribution in [3.63, 3.8) is 0 Å². The zero-order chi connectivity index (χ0) is 13.3. The van der Waals surface area contributed by atoms with E-state index in [9.17, 15) is 0 Å². The van der Waals surface area contributed by atoms with Gasteiger partial charge in [0.25, 0.3) is 0 Å². The van der Waals surface area contributed by atoms with Crippen LogP contribution in [-0.2, 0) is 0 Å². The summed E-state index contributed by atoms with van der Waals surface area (Å²) < 4.78 is 1.08. The van der Waals surface area contributed by atoms with Crippen LogP contribution in [0.3, 0.4) is 0 Å². The molecule has 0 spiro atoms. The molecule has 0 heterocycles. The molecule has 1 nitrogen and oxygen atoms in total. The van der Waals surface area contributed by atoms with Gasteiger partial charge in [-0.1, -0.05) is 51.8 Å². The fourth-order valence-corrected chi connectivity index (χ4v) is 2.51. The fourth-order valence-electron chi connectivity index (χ4n) is 1.94. The largest absolute Gasteiger partial charge is 0.320 e. The number of aryl methyl sites for hydroxylation is 1. The summed E-state index contributed by atoms with van der Waals surface area (Å²) in [6, 6.07) is 11.9. The number of nitrogens with two attached hydrogens (primary N) is 1. The van der Waals surface area contributed by atoms with E-state index in [4.69, 9.17) is 17.3 Å². The monoisotopic (exact) mass is 323 g/mol. The molecule has 0 amide bonds. The van der Waals surface area contributed by atoms with Crippen molar-refractivity contribution in [2.75, 3.05) is 0 Å². The molecule has 0 bridgehead atoms. The van der Waals surface area contributed by atoms with E-state index < -0.39 is 0 Å². The first kappa shape index (κ1) is 13.6. The molecule has 0 aromatic heterocycles. The Bertz CT molecular complexity index is 581. The van der Waals surface area contributed by atoms with Crippen LogP contribution in [0.2, 0.25) is 5.02 Å². The molecule has 0 radical (unpaired) electrons. The first-order valence-electron chi connectivity index (χ1n) is 5.77. The Labute approximate surface area is 121 Å². The van der Waals surface area contributed by atoms with Crippen LogP contribution in [0.15, 0.2) is 40.9 Å². The van der Waals surface area contributed by atoms with Crippen molar-refractivity contribution in [1.82, 2.24) is 0 Å². The second kappa shape index (κ2) is 5.43. The maximum Gasteiger partial charge on any atom is 0.0555 e. The molecule has 1 atom stereocenters. The molecule has 94 valence electrons. The molecule has 0 saturated carbocycles. The summed E-state index contributed by atoms with van der Waals surface area (Å²) in [7, 11) is 0. The Morgan fingerprint density at radius 3 is 2.56 bits per heavy atom. The highest BCUT2D eigenvalue weighted by Crippen LogP contribution is 2.29. The van der Waals surface area contributed by atoms with E-state index >= 15 is 0 Å². The van der Waals surface area contributed by atoms with Crippen molar-refractivity contribution >= 4 is 27.5 Å². The summed E-state index contributed by atoms with van der Waals surface area (Å²) in [4.78, 5) is 0. The van der Waals surface area contributed by atoms with Crippen LogP contribution < -0.4 is 5.73 Å². The summed E-state index contributed by atoms with van der Waals surface area (Å²) in [6.07, 6.45) is 0. The first-order valence-corrected chi connectivity index (χ1v) is 6.94. The number of halogens is 2. The van der Waals surface area contributed by atoms with E-state index in [0.717, 1.165) is 26.2 Å². The molecule has 2 rings (SSSR count). The number of benzene rings is 2. The summed E-state index contributed by atoms with van der Waals surface area (Å²) in [6.45, 7) is 4.05. The highest BCUT2D eigenvalue weighted by Gasteiger charge is 2.13. The lowest BCUT2D eigenvalue weighted by molar-refractivity contribution is 0.859. The molecule has 0 aliphatic heterocycles. The summed E-state index contributed by atoms with van der Waals surface area (Å²) in [5, 5.41) is 0.760. The molecule has 3 heteroatoms. The molecule has 0 aliphatic carbocycles. The first-order chi connectivity index (χ1) is 8.50. The van der Waals surface area contributed by atoms with Crippen molar-refractivity contribution < 1.29 is 0 Å². The maximum absolute atomic E-state index is 6.33. The Kier molecular flexibility index (Phi) is 4.10. The van der Waals surface area contributed by atoms with Crippen molar-refractivity contribution in [3.05, 3.63) is 68.1 Å². The van der Waals surface area contributed by atoms with Crippen molar-refractivity contribution in [2.24, 2.45) is 5.73 Å². The molecule has 2 aromatic rings. The minimum Gasteiger partial charge on any atom is -0.320 e. The average molecular weight is 325 g/mol. The molecule has 2 aromatic carbocycles. The van der Waals surface area contributed by atoms with Crippen LogP contribution in [0.25, 0.3) is 0 Å². The van der Waals surface area contributed by atoms with E-state index in [1.54, 1.807) is 0 Å². The van der Waals surface area contributed by atoms with Gasteiger partial charge in [-0.15, -0.1) is 0 Å². The summed E-state index contributed by atoms with van der Waals surface area (Å²) in [5.41, 5.74) is 10.7. The lowest BCUT2D eigenvalue weighted by Gasteiger charge is -2.17. The van der Waals surface area contributed by atoms with Gasteiger partial charge >= 0.3 is 0 Å². The quantitative estimate of drug-likeness (QED) is 0.846. The SMILES string of the molecule is Cc1ccc(C(N)c2cccc(Br)c2C)cc1Cl. The van der Waals surface area contributed by atoms with Crippen LogP contribution in [0.5, 0.6) is 0 Å². The van der Waals surface area contributed by atoms with Gasteiger partial charge in [0.1, 0.15) is 0 Å². The minimum absolute atomic E-state index is 0.152. The molecular formula is C15H15BrClN. The molecule has 0 aliphatic rings. The van der Waals surface area contributed by atoms with E-state index in [0.29, 0.717) is 0 Å². The van der Waals surface area contributed by atoms with Crippen LogP contribution >= 0.6 is 27.5 Å². The number of hydrogen-bond acceptors (Lipinski definition) is 1. The van der Waals surface area contributed by atoms with Gasteiger partial charge in [-0.25, -0.2) is 0 Å². The predicted octanol–water partition coefficient (Wildman–Crippen LogP) is 4.77. The maximum atomic E-state index is 6.33. The lowest BCUT2D eigenvalue weighted by atomic mass is 9.95. The highest BCUT2D eigenvalue weighted by molar-refractivity contribution is 9.10. The van der Waals surface area contributed by atoms with Crippen LogP contribution in [0.4, 0.5) is 0 Å². The third kappa shape index (κ3) is 2.61. The third-order valence-electron chi connectivity index (χ3n) is 3.20. The van der Waals surface area contributed by atoms with Crippen LogP contribution in [-0.4, -0.2) is 0 Å². The van der Waals surface area contributed by atoms with Crippen molar-refractivity contribution in [3.8, 4) is 0 Å². The van der Waals surface area contributed by atoms with Gasteiger partial charge in [0.05, 0.1) is 6.04 Å². The van der Waals surface area contributed by atoms with Crippen molar-refractivity contribution in [1.29, 1.82) is 0 Å². The summed E-state index contributed by atoms with van der Waals surface area (Å²) in [5.74, 6) is 0. The normalized spacial score (nSPS) is 12.5. The topological polar surface area (TPSA) is 26.0 Å². The standard InChI is InChI=1S/C15H15BrClN/c1-9-6-7-11(8-14(9)17)15(18)12-4-3-5-13(16)10(12)2/h3-8,15H,18H2,1-2H3. The Morgan fingerprint density at radius 2 is 1.89 bits per heavy atom. The third-order valence-corrected chi connectivity index (χ3v) is 4.47. The Morgan fingerprint density at radius 1 is 1.17 bits per heavy atom. The molecule has 0 saturated heterocycles. The number of hydrogen-bond donors (Lipinski definition) is 1. The molecule has 0 fully saturated rings. The lowest BCUT2D eigenvalue weighted by Crippen LogP contribution is -2.13. The van der Waals surface area contributed by atoms with E-state index in [2.05, 4.69) is 28.9 Å². The predicted molar refractivity (Wildman–Crippen MR) is 81.1 cm³/mol. The fraction of sp³-hybridized carbons (Fsp3) is 0.200. The molecule has 1 unspecified atom stereocenters. The van der Waals surface area contributed by atoms with Gasteiger partial charge < -0.3 is 5.73 Å². The van der Waals surface area contributed by atoms with Crippen LogP contribution in [0, 0.1) is 13.8 Å². The highest BCUT2D eigenvalue weighted by atomic mass is 79.9. The number of rotatable bonds is 2. The summed E-state index contributed by atoms with van der Waals surface area (Å²) >= 11 is 9.68. The zero-order valence-electron chi connectivity index (χ0n) is 10.4. The average Bonchev–Trinajstić information content (AvgIpc) is 2.35. The minimum atomic E-state index is -0.152. The molecule has 2 N–H and O–H groups in total. The second-order valence-electron chi connectivity index (χ2n) is 4.44. The Balaban J connectivity index is 2.44. The van der Waals surface area contributed by atoms with Gasteiger partial charge in [-0.2, -0.15) is 0 Å². The van der Waals surface area contributed by atoms with Gasteiger partial charge in [0.2, 0.25) is 0 Å². The van der Waals surface area contributed by atoms with Gasteiger partial charge in [0, 0.05) is 9.50 Å². The van der Waals surface area contributed by atoms with E-state index in [1.165, 1.54) is 5.56 Å². The zero-order valence-corrected chi connectivity index (χ0v) is 12.7.